The van der Waals surface area contributed by atoms with Gasteiger partial charge in [-0.2, -0.15) is 0 Å². The highest BCUT2D eigenvalue weighted by molar-refractivity contribution is 5.66. The predicted molar refractivity (Wildman–Crippen MR) is 48.3 cm³/mol. The van der Waals surface area contributed by atoms with E-state index in [2.05, 4.69) is 15.3 Å². The Morgan fingerprint density at radius 2 is 2.46 bits per heavy atom. The normalized spacial score (nSPS) is 8.69. The summed E-state index contributed by atoms with van der Waals surface area (Å²) in [6.45, 7) is 3.02. The Hall–Kier alpha value is -1.42. The number of ether oxygens (including phenoxy) is 1. The van der Waals surface area contributed by atoms with E-state index in [1.807, 2.05) is 6.92 Å². The topological polar surface area (TPSA) is 87.1 Å². The van der Waals surface area contributed by atoms with Crippen LogP contribution in [0.1, 0.15) is 19.8 Å². The largest absolute Gasteiger partial charge is 0.450 e. The molecular weight excluding hydrogens is 172 g/mol. The molecule has 6 heteroatoms. The molecule has 0 aromatic rings. The molecular formula is C7H14N4O2. The molecule has 0 heterocycles. The molecule has 0 bridgehead atoms. The van der Waals surface area contributed by atoms with Crippen LogP contribution in [0.3, 0.4) is 0 Å². The van der Waals surface area contributed by atoms with Crippen LogP contribution in [0.5, 0.6) is 0 Å². The van der Waals surface area contributed by atoms with Crippen LogP contribution >= 0.6 is 0 Å². The van der Waals surface area contributed by atoms with Crippen molar-refractivity contribution >= 4 is 6.09 Å². The molecule has 0 spiro atoms. The summed E-state index contributed by atoms with van der Waals surface area (Å²) >= 11 is 0. The van der Waals surface area contributed by atoms with Crippen molar-refractivity contribution in [3.8, 4) is 0 Å². The molecule has 0 fully saturated rings. The minimum atomic E-state index is -0.457. The monoisotopic (exact) mass is 186 g/mol. The van der Waals surface area contributed by atoms with Crippen molar-refractivity contribution in [2.24, 2.45) is 5.11 Å². The lowest BCUT2D eigenvalue weighted by molar-refractivity contribution is 0.145. The minimum absolute atomic E-state index is 0.249. The molecule has 0 aromatic heterocycles. The zero-order chi connectivity index (χ0) is 9.94. The lowest BCUT2D eigenvalue weighted by Crippen LogP contribution is -2.26. The van der Waals surface area contributed by atoms with Gasteiger partial charge in [0.1, 0.15) is 0 Å². The number of nitrogens with zero attached hydrogens (tertiary/aromatic N) is 3. The smallest absolute Gasteiger partial charge is 0.407 e. The van der Waals surface area contributed by atoms with Crippen LogP contribution in [0, 0.1) is 0 Å². The molecule has 0 aliphatic heterocycles. The maximum atomic E-state index is 10.8. The van der Waals surface area contributed by atoms with Gasteiger partial charge in [0.05, 0.1) is 6.61 Å². The number of hydrogen-bond donors (Lipinski definition) is 1. The second-order valence-corrected chi connectivity index (χ2v) is 2.37. The summed E-state index contributed by atoms with van der Waals surface area (Å²) < 4.78 is 4.78. The van der Waals surface area contributed by atoms with E-state index in [1.54, 1.807) is 0 Å². The van der Waals surface area contributed by atoms with Gasteiger partial charge < -0.3 is 10.1 Å². The molecule has 74 valence electrons. The molecule has 0 atom stereocenters. The van der Waals surface area contributed by atoms with E-state index in [0.717, 1.165) is 12.8 Å². The van der Waals surface area contributed by atoms with E-state index in [4.69, 9.17) is 10.3 Å². The van der Waals surface area contributed by atoms with Gasteiger partial charge in [-0.25, -0.2) is 4.79 Å². The van der Waals surface area contributed by atoms with Crippen LogP contribution in [0.4, 0.5) is 4.79 Å². The van der Waals surface area contributed by atoms with Crippen molar-refractivity contribution in [2.45, 2.75) is 19.8 Å². The summed E-state index contributed by atoms with van der Waals surface area (Å²) in [5.74, 6) is 0. The first-order valence-electron chi connectivity index (χ1n) is 4.22. The van der Waals surface area contributed by atoms with Gasteiger partial charge in [0.2, 0.25) is 0 Å². The van der Waals surface area contributed by atoms with Gasteiger partial charge >= 0.3 is 6.09 Å². The first-order valence-corrected chi connectivity index (χ1v) is 4.22. The summed E-state index contributed by atoms with van der Waals surface area (Å²) in [7, 11) is 0. The number of alkyl carbamates (subject to hydrolysis) is 1. The Balaban J connectivity index is 3.24. The third-order valence-electron chi connectivity index (χ3n) is 1.28. The Labute approximate surface area is 76.9 Å². The Morgan fingerprint density at radius 3 is 3.08 bits per heavy atom. The quantitative estimate of drug-likeness (QED) is 0.297. The zero-order valence-corrected chi connectivity index (χ0v) is 7.69. The van der Waals surface area contributed by atoms with E-state index in [0.29, 0.717) is 13.2 Å². The summed E-state index contributed by atoms with van der Waals surface area (Å²) in [6.07, 6.45) is 1.40. The van der Waals surface area contributed by atoms with Crippen molar-refractivity contribution < 1.29 is 9.53 Å². The molecule has 0 unspecified atom stereocenters. The standard InChI is InChI=1S/C7H14N4O2/c1-2-3-6-13-7(12)9-4-5-10-11-8/h2-6H2,1H3,(H,9,12). The highest BCUT2D eigenvalue weighted by atomic mass is 16.5. The van der Waals surface area contributed by atoms with E-state index >= 15 is 0 Å². The highest BCUT2D eigenvalue weighted by Crippen LogP contribution is 1.87. The molecule has 0 radical (unpaired) electrons. The number of carbonyl (C=O) groups excluding carboxylic acids is 1. The van der Waals surface area contributed by atoms with E-state index < -0.39 is 6.09 Å². The maximum Gasteiger partial charge on any atom is 0.407 e. The first-order chi connectivity index (χ1) is 6.31. The molecule has 0 aromatic carbocycles. The Morgan fingerprint density at radius 1 is 1.69 bits per heavy atom. The van der Waals surface area contributed by atoms with Crippen molar-refractivity contribution in [1.82, 2.24) is 5.32 Å². The number of unbranched alkanes of at least 4 members (excludes halogenated alkanes) is 1. The van der Waals surface area contributed by atoms with Crippen molar-refractivity contribution in [3.05, 3.63) is 10.4 Å². The second kappa shape index (κ2) is 8.67. The molecule has 1 amide bonds. The Kier molecular flexibility index (Phi) is 7.73. The van der Waals surface area contributed by atoms with Gasteiger partial charge in [0.15, 0.2) is 0 Å². The average molecular weight is 186 g/mol. The fourth-order valence-electron chi connectivity index (χ4n) is 0.613. The fraction of sp³-hybridized carbons (Fsp3) is 0.857. The SMILES string of the molecule is CCCCOC(=O)NCCN=[N+]=[N-]. The number of nitrogens with one attached hydrogen (secondary N) is 1. The van der Waals surface area contributed by atoms with Gasteiger partial charge in [-0.05, 0) is 12.0 Å². The number of hydrogen-bond acceptors (Lipinski definition) is 3. The van der Waals surface area contributed by atoms with Crippen molar-refractivity contribution in [1.29, 1.82) is 0 Å². The van der Waals surface area contributed by atoms with Crippen LogP contribution in [-0.2, 0) is 4.74 Å². The van der Waals surface area contributed by atoms with Crippen molar-refractivity contribution in [3.63, 3.8) is 0 Å². The number of carbonyl (C=O) groups is 1. The number of amides is 1. The second-order valence-electron chi connectivity index (χ2n) is 2.37. The molecule has 13 heavy (non-hydrogen) atoms. The summed E-state index contributed by atoms with van der Waals surface area (Å²) in [4.78, 5) is 13.4. The van der Waals surface area contributed by atoms with Crippen LogP contribution in [0.2, 0.25) is 0 Å². The van der Waals surface area contributed by atoms with Crippen LogP contribution in [0.25, 0.3) is 10.4 Å². The highest BCUT2D eigenvalue weighted by Gasteiger charge is 1.98. The van der Waals surface area contributed by atoms with Gasteiger partial charge in [-0.3, -0.25) is 0 Å². The lowest BCUT2D eigenvalue weighted by Gasteiger charge is -2.03. The maximum absolute atomic E-state index is 10.8. The molecule has 0 aliphatic rings. The minimum Gasteiger partial charge on any atom is -0.450 e. The van der Waals surface area contributed by atoms with Crippen LogP contribution < -0.4 is 5.32 Å². The van der Waals surface area contributed by atoms with E-state index in [-0.39, 0.29) is 6.54 Å². The van der Waals surface area contributed by atoms with Crippen LogP contribution in [0.15, 0.2) is 5.11 Å². The van der Waals surface area contributed by atoms with Crippen molar-refractivity contribution in [2.75, 3.05) is 19.7 Å². The predicted octanol–water partition coefficient (Wildman–Crippen LogP) is 1.82. The van der Waals surface area contributed by atoms with Crippen LogP contribution in [-0.4, -0.2) is 25.8 Å². The third-order valence-corrected chi connectivity index (χ3v) is 1.28. The molecule has 6 nitrogen and oxygen atoms in total. The Bertz CT molecular complexity index is 189. The molecule has 0 aliphatic carbocycles. The third kappa shape index (κ3) is 8.49. The number of rotatable bonds is 6. The average Bonchev–Trinajstić information content (AvgIpc) is 2.13. The van der Waals surface area contributed by atoms with Gasteiger partial charge in [-0.1, -0.05) is 18.5 Å². The van der Waals surface area contributed by atoms with E-state index in [1.165, 1.54) is 0 Å². The van der Waals surface area contributed by atoms with Gasteiger partial charge in [0, 0.05) is 18.0 Å². The summed E-state index contributed by atoms with van der Waals surface area (Å²) in [6, 6.07) is 0. The molecule has 0 rings (SSSR count). The fourth-order valence-corrected chi connectivity index (χ4v) is 0.613. The summed E-state index contributed by atoms with van der Waals surface area (Å²) in [5, 5.41) is 5.70. The first kappa shape index (κ1) is 11.6. The zero-order valence-electron chi connectivity index (χ0n) is 7.69. The lowest BCUT2D eigenvalue weighted by atomic mass is 10.4. The summed E-state index contributed by atoms with van der Waals surface area (Å²) in [5.41, 5.74) is 7.92. The molecule has 0 saturated carbocycles. The molecule has 1 N–H and O–H groups in total. The number of azide groups is 1. The van der Waals surface area contributed by atoms with Gasteiger partial charge in [0.25, 0.3) is 0 Å². The molecule has 0 saturated heterocycles. The van der Waals surface area contributed by atoms with E-state index in [9.17, 15) is 4.79 Å². The van der Waals surface area contributed by atoms with Gasteiger partial charge in [-0.15, -0.1) is 0 Å².